The number of benzene rings is 2. The van der Waals surface area contributed by atoms with Gasteiger partial charge in [-0.2, -0.15) is 0 Å². The Balaban J connectivity index is 1.24. The highest BCUT2D eigenvalue weighted by Crippen LogP contribution is 2.47. The summed E-state index contributed by atoms with van der Waals surface area (Å²) in [7, 11) is 0. The number of urea groups is 1. The molecule has 1 heterocycles. The van der Waals surface area contributed by atoms with E-state index in [1.807, 2.05) is 17.0 Å². The number of hydrogen-bond donors (Lipinski definition) is 1. The van der Waals surface area contributed by atoms with Gasteiger partial charge in [-0.05, 0) is 24.0 Å². The summed E-state index contributed by atoms with van der Waals surface area (Å²) >= 11 is 0. The summed E-state index contributed by atoms with van der Waals surface area (Å²) in [5.74, 6) is 0. The van der Waals surface area contributed by atoms with Gasteiger partial charge in [0, 0.05) is 44.7 Å². The van der Waals surface area contributed by atoms with Crippen molar-refractivity contribution in [2.75, 3.05) is 32.7 Å². The maximum Gasteiger partial charge on any atom is 0.317 e. The zero-order valence-corrected chi connectivity index (χ0v) is 15.2. The normalized spacial score (nSPS) is 19.2. The molecule has 0 unspecified atom stereocenters. The van der Waals surface area contributed by atoms with Crippen LogP contribution in [0.4, 0.5) is 4.79 Å². The van der Waals surface area contributed by atoms with Crippen molar-refractivity contribution >= 4 is 6.03 Å². The number of hydrogen-bond acceptors (Lipinski definition) is 2. The van der Waals surface area contributed by atoms with Crippen molar-refractivity contribution in [2.24, 2.45) is 0 Å². The standard InChI is InChI=1S/C22H27N3O/c26-21(23-18-22(11-12-22)20-9-5-2-6-10-20)25-15-13-24(14-16-25)17-19-7-3-1-4-8-19/h1-10H,11-18H2,(H,23,26). The molecule has 1 aliphatic heterocycles. The van der Waals surface area contributed by atoms with E-state index < -0.39 is 0 Å². The zero-order chi connectivity index (χ0) is 17.8. The van der Waals surface area contributed by atoms with E-state index in [2.05, 4.69) is 58.7 Å². The van der Waals surface area contributed by atoms with Crippen LogP contribution in [0, 0.1) is 0 Å². The molecule has 26 heavy (non-hydrogen) atoms. The summed E-state index contributed by atoms with van der Waals surface area (Å²) in [6.45, 7) is 5.19. The molecule has 4 nitrogen and oxygen atoms in total. The molecule has 0 spiro atoms. The van der Waals surface area contributed by atoms with E-state index >= 15 is 0 Å². The Morgan fingerprint density at radius 1 is 0.885 bits per heavy atom. The number of rotatable bonds is 5. The summed E-state index contributed by atoms with van der Waals surface area (Å²) in [6.07, 6.45) is 2.34. The van der Waals surface area contributed by atoms with E-state index in [-0.39, 0.29) is 11.4 Å². The molecule has 4 rings (SSSR count). The van der Waals surface area contributed by atoms with Crippen molar-refractivity contribution < 1.29 is 4.79 Å². The number of nitrogens with one attached hydrogen (secondary N) is 1. The molecule has 1 aliphatic carbocycles. The van der Waals surface area contributed by atoms with Gasteiger partial charge in [-0.25, -0.2) is 4.79 Å². The lowest BCUT2D eigenvalue weighted by atomic mass is 9.96. The Morgan fingerprint density at radius 3 is 2.12 bits per heavy atom. The summed E-state index contributed by atoms with van der Waals surface area (Å²) in [4.78, 5) is 16.9. The Morgan fingerprint density at radius 2 is 1.50 bits per heavy atom. The van der Waals surface area contributed by atoms with E-state index in [0.717, 1.165) is 39.3 Å². The lowest BCUT2D eigenvalue weighted by Crippen LogP contribution is -2.52. The van der Waals surface area contributed by atoms with Gasteiger partial charge in [0.25, 0.3) is 0 Å². The van der Waals surface area contributed by atoms with Crippen molar-refractivity contribution in [1.29, 1.82) is 0 Å². The van der Waals surface area contributed by atoms with Gasteiger partial charge in [-0.3, -0.25) is 4.90 Å². The van der Waals surface area contributed by atoms with Crippen LogP contribution in [0.1, 0.15) is 24.0 Å². The number of carbonyl (C=O) groups is 1. The van der Waals surface area contributed by atoms with Crippen LogP contribution in [-0.2, 0) is 12.0 Å². The number of carbonyl (C=O) groups excluding carboxylic acids is 1. The number of nitrogens with zero attached hydrogens (tertiary/aromatic N) is 2. The zero-order valence-electron chi connectivity index (χ0n) is 15.2. The van der Waals surface area contributed by atoms with Gasteiger partial charge in [0.1, 0.15) is 0 Å². The molecule has 1 N–H and O–H groups in total. The molecule has 0 atom stereocenters. The Bertz CT molecular complexity index is 720. The highest BCUT2D eigenvalue weighted by Gasteiger charge is 2.44. The third kappa shape index (κ3) is 3.91. The van der Waals surface area contributed by atoms with Crippen molar-refractivity contribution in [1.82, 2.24) is 15.1 Å². The molecular formula is C22H27N3O. The predicted molar refractivity (Wildman–Crippen MR) is 104 cm³/mol. The molecule has 4 heteroatoms. The van der Waals surface area contributed by atoms with E-state index in [1.54, 1.807) is 0 Å². The average molecular weight is 349 g/mol. The summed E-state index contributed by atoms with van der Waals surface area (Å²) in [5, 5.41) is 3.19. The van der Waals surface area contributed by atoms with Crippen LogP contribution in [0.2, 0.25) is 0 Å². The fraction of sp³-hybridized carbons (Fsp3) is 0.409. The van der Waals surface area contributed by atoms with Crippen molar-refractivity contribution in [2.45, 2.75) is 24.8 Å². The van der Waals surface area contributed by atoms with Crippen LogP contribution in [-0.4, -0.2) is 48.6 Å². The third-order valence-corrected chi connectivity index (χ3v) is 5.73. The maximum atomic E-state index is 12.6. The number of amides is 2. The van der Waals surface area contributed by atoms with Gasteiger partial charge in [-0.1, -0.05) is 60.7 Å². The highest BCUT2D eigenvalue weighted by molar-refractivity contribution is 5.74. The minimum atomic E-state index is 0.0894. The second kappa shape index (κ2) is 7.50. The van der Waals surface area contributed by atoms with E-state index in [1.165, 1.54) is 24.0 Å². The van der Waals surface area contributed by atoms with E-state index in [9.17, 15) is 4.79 Å². The predicted octanol–water partition coefficient (Wildman–Crippen LogP) is 3.25. The highest BCUT2D eigenvalue weighted by atomic mass is 16.2. The van der Waals surface area contributed by atoms with Gasteiger partial charge in [-0.15, -0.1) is 0 Å². The molecule has 2 aromatic carbocycles. The quantitative estimate of drug-likeness (QED) is 0.899. The second-order valence-electron chi connectivity index (χ2n) is 7.55. The fourth-order valence-corrected chi connectivity index (χ4v) is 3.82. The monoisotopic (exact) mass is 349 g/mol. The first-order valence-electron chi connectivity index (χ1n) is 9.60. The van der Waals surface area contributed by atoms with Crippen molar-refractivity contribution in [3.63, 3.8) is 0 Å². The molecule has 1 saturated carbocycles. The molecule has 0 aromatic heterocycles. The first-order chi connectivity index (χ1) is 12.8. The Kier molecular flexibility index (Phi) is 4.93. The summed E-state index contributed by atoms with van der Waals surface area (Å²) in [6, 6.07) is 21.2. The fourth-order valence-electron chi connectivity index (χ4n) is 3.82. The molecular weight excluding hydrogens is 322 g/mol. The molecule has 2 fully saturated rings. The Labute approximate surface area is 155 Å². The molecule has 2 aliphatic rings. The van der Waals surface area contributed by atoms with Crippen molar-refractivity contribution in [3.05, 3.63) is 71.8 Å². The van der Waals surface area contributed by atoms with Gasteiger partial charge >= 0.3 is 6.03 Å². The van der Waals surface area contributed by atoms with Crippen LogP contribution in [0.3, 0.4) is 0 Å². The minimum Gasteiger partial charge on any atom is -0.337 e. The average Bonchev–Trinajstić information content (AvgIpc) is 3.49. The van der Waals surface area contributed by atoms with Gasteiger partial charge in [0.05, 0.1) is 0 Å². The van der Waals surface area contributed by atoms with Gasteiger partial charge < -0.3 is 10.2 Å². The molecule has 1 saturated heterocycles. The summed E-state index contributed by atoms with van der Waals surface area (Å²) in [5.41, 5.74) is 2.86. The van der Waals surface area contributed by atoms with Crippen LogP contribution in [0.15, 0.2) is 60.7 Å². The van der Waals surface area contributed by atoms with E-state index in [4.69, 9.17) is 0 Å². The topological polar surface area (TPSA) is 35.6 Å². The number of piperazine rings is 1. The second-order valence-corrected chi connectivity index (χ2v) is 7.55. The molecule has 0 bridgehead atoms. The lowest BCUT2D eigenvalue weighted by Gasteiger charge is -2.35. The third-order valence-electron chi connectivity index (χ3n) is 5.73. The first kappa shape index (κ1) is 17.1. The molecule has 136 valence electrons. The summed E-state index contributed by atoms with van der Waals surface area (Å²) < 4.78 is 0. The van der Waals surface area contributed by atoms with Crippen LogP contribution in [0.25, 0.3) is 0 Å². The molecule has 0 radical (unpaired) electrons. The van der Waals surface area contributed by atoms with Crippen LogP contribution < -0.4 is 5.32 Å². The van der Waals surface area contributed by atoms with Crippen LogP contribution >= 0.6 is 0 Å². The lowest BCUT2D eigenvalue weighted by molar-refractivity contribution is 0.135. The van der Waals surface area contributed by atoms with Gasteiger partial charge in [0.15, 0.2) is 0 Å². The minimum absolute atomic E-state index is 0.0894. The van der Waals surface area contributed by atoms with E-state index in [0.29, 0.717) is 0 Å². The smallest absolute Gasteiger partial charge is 0.317 e. The van der Waals surface area contributed by atoms with Gasteiger partial charge in [0.2, 0.25) is 0 Å². The Hall–Kier alpha value is -2.33. The SMILES string of the molecule is O=C(NCC1(c2ccccc2)CC1)N1CCN(Cc2ccccc2)CC1. The maximum absolute atomic E-state index is 12.6. The van der Waals surface area contributed by atoms with Crippen LogP contribution in [0.5, 0.6) is 0 Å². The van der Waals surface area contributed by atoms with Crippen molar-refractivity contribution in [3.8, 4) is 0 Å². The molecule has 2 aromatic rings. The first-order valence-corrected chi connectivity index (χ1v) is 9.60. The largest absolute Gasteiger partial charge is 0.337 e. The molecule has 2 amide bonds.